The van der Waals surface area contributed by atoms with Crippen LogP contribution in [0.5, 0.6) is 0 Å². The van der Waals surface area contributed by atoms with Crippen molar-refractivity contribution < 1.29 is 14.4 Å². The third kappa shape index (κ3) is 4.75. The van der Waals surface area contributed by atoms with Crippen LogP contribution in [-0.4, -0.2) is 28.0 Å². The van der Waals surface area contributed by atoms with Crippen LogP contribution in [0.4, 0.5) is 0 Å². The first-order chi connectivity index (χ1) is 18.5. The van der Waals surface area contributed by atoms with E-state index in [-0.39, 0.29) is 28.9 Å². The van der Waals surface area contributed by atoms with Crippen LogP contribution < -0.4 is 0 Å². The molecule has 5 rings (SSSR count). The van der Waals surface area contributed by atoms with E-state index in [4.69, 9.17) is 0 Å². The van der Waals surface area contributed by atoms with Crippen LogP contribution in [0.3, 0.4) is 0 Å². The lowest BCUT2D eigenvalue weighted by atomic mass is 9.65. The first kappa shape index (κ1) is 27.1. The summed E-state index contributed by atoms with van der Waals surface area (Å²) in [5, 5.41) is 0. The quantitative estimate of drug-likeness (QED) is 0.246. The number of hydrogen-bond donors (Lipinski definition) is 0. The van der Waals surface area contributed by atoms with Crippen molar-refractivity contribution in [2.75, 3.05) is 0 Å². The van der Waals surface area contributed by atoms with Crippen LogP contribution in [0.15, 0.2) is 91.0 Å². The summed E-state index contributed by atoms with van der Waals surface area (Å²) in [5.74, 6) is -1.82. The summed E-state index contributed by atoms with van der Waals surface area (Å²) in [6.07, 6.45) is 1.51. The van der Waals surface area contributed by atoms with Crippen molar-refractivity contribution in [1.29, 1.82) is 0 Å². The summed E-state index contributed by atoms with van der Waals surface area (Å²) in [7, 11) is 0. The number of amides is 2. The molecule has 0 bridgehead atoms. The van der Waals surface area contributed by atoms with Gasteiger partial charge in [0.05, 0.1) is 11.3 Å². The summed E-state index contributed by atoms with van der Waals surface area (Å²) in [6.45, 7) is 10.4. The van der Waals surface area contributed by atoms with Crippen molar-refractivity contribution in [1.82, 2.24) is 4.90 Å². The number of likely N-dealkylation sites (tertiary alicyclic amines) is 1. The number of carbonyl (C=O) groups is 3. The van der Waals surface area contributed by atoms with E-state index in [1.54, 1.807) is 4.90 Å². The zero-order valence-corrected chi connectivity index (χ0v) is 23.7. The van der Waals surface area contributed by atoms with Crippen molar-refractivity contribution in [3.05, 3.63) is 108 Å². The lowest BCUT2D eigenvalue weighted by Crippen LogP contribution is -2.53. The Morgan fingerprint density at radius 3 is 1.92 bits per heavy atom. The van der Waals surface area contributed by atoms with Crippen LogP contribution in [0.25, 0.3) is 0 Å². The van der Waals surface area contributed by atoms with Gasteiger partial charge in [0.25, 0.3) is 0 Å². The largest absolute Gasteiger partial charge is 0.294 e. The molecule has 2 amide bonds. The molecule has 1 heterocycles. The zero-order chi connectivity index (χ0) is 28.0. The van der Waals surface area contributed by atoms with E-state index in [0.717, 1.165) is 11.1 Å². The van der Waals surface area contributed by atoms with Crippen molar-refractivity contribution in [2.45, 2.75) is 65.3 Å². The third-order valence-electron chi connectivity index (χ3n) is 8.66. The van der Waals surface area contributed by atoms with Gasteiger partial charge in [0.15, 0.2) is 5.78 Å². The van der Waals surface area contributed by atoms with Crippen LogP contribution in [0.1, 0.15) is 74.9 Å². The molecule has 0 aromatic heterocycles. The SMILES string of the molecule is CC(C)(C)CC(C)(C)N1C(=O)[C@H]2C[C@H](c3ccccc3)[C@@H](C(=O)c3ccccc3)[C@@]2(Cc2ccccc2)C1=O. The van der Waals surface area contributed by atoms with E-state index in [9.17, 15) is 14.4 Å². The molecule has 1 saturated heterocycles. The lowest BCUT2D eigenvalue weighted by Gasteiger charge is -2.41. The Balaban J connectivity index is 1.71. The van der Waals surface area contributed by atoms with Gasteiger partial charge in [0.1, 0.15) is 0 Å². The molecule has 4 nitrogen and oxygen atoms in total. The number of nitrogens with zero attached hydrogens (tertiary/aromatic N) is 1. The van der Waals surface area contributed by atoms with Gasteiger partial charge in [-0.1, -0.05) is 112 Å². The maximum absolute atomic E-state index is 14.9. The van der Waals surface area contributed by atoms with Crippen LogP contribution in [0, 0.1) is 22.7 Å². The number of carbonyl (C=O) groups excluding carboxylic acids is 3. The van der Waals surface area contributed by atoms with Crippen molar-refractivity contribution in [3.8, 4) is 0 Å². The summed E-state index contributed by atoms with van der Waals surface area (Å²) >= 11 is 0. The number of Topliss-reactive ketones (excluding diaryl/α,β-unsaturated/α-hetero) is 1. The second kappa shape index (κ2) is 9.89. The summed E-state index contributed by atoms with van der Waals surface area (Å²) < 4.78 is 0. The Labute approximate surface area is 232 Å². The predicted molar refractivity (Wildman–Crippen MR) is 154 cm³/mol. The molecule has 3 aromatic rings. The molecular formula is C35H39NO3. The highest BCUT2D eigenvalue weighted by molar-refractivity contribution is 6.13. The maximum Gasteiger partial charge on any atom is 0.237 e. The lowest BCUT2D eigenvalue weighted by molar-refractivity contribution is -0.150. The second-order valence-corrected chi connectivity index (χ2v) is 13.2. The fraction of sp³-hybridized carbons (Fsp3) is 0.400. The molecule has 39 heavy (non-hydrogen) atoms. The van der Waals surface area contributed by atoms with Crippen LogP contribution >= 0.6 is 0 Å². The minimum atomic E-state index is -1.15. The van der Waals surface area contributed by atoms with Crippen molar-refractivity contribution in [2.24, 2.45) is 22.7 Å². The van der Waals surface area contributed by atoms with Gasteiger partial charge in [-0.05, 0) is 55.6 Å². The molecule has 2 fully saturated rings. The molecule has 0 spiro atoms. The first-order valence-corrected chi connectivity index (χ1v) is 14.0. The van der Waals surface area contributed by atoms with Gasteiger partial charge in [0.2, 0.25) is 11.8 Å². The summed E-state index contributed by atoms with van der Waals surface area (Å²) in [4.78, 5) is 45.4. The van der Waals surface area contributed by atoms with Gasteiger partial charge in [-0.15, -0.1) is 0 Å². The minimum absolute atomic E-state index is 0.0560. The molecule has 0 radical (unpaired) electrons. The third-order valence-corrected chi connectivity index (χ3v) is 8.66. The Hall–Kier alpha value is -3.53. The van der Waals surface area contributed by atoms with Gasteiger partial charge in [-0.3, -0.25) is 19.3 Å². The summed E-state index contributed by atoms with van der Waals surface area (Å²) in [5.41, 5.74) is 0.655. The number of benzene rings is 3. The predicted octanol–water partition coefficient (Wildman–Crippen LogP) is 7.10. The normalized spacial score (nSPS) is 25.2. The number of imide groups is 1. The Kier molecular flexibility index (Phi) is 6.86. The topological polar surface area (TPSA) is 54.5 Å². The zero-order valence-electron chi connectivity index (χ0n) is 23.7. The number of fused-ring (bicyclic) bond motifs is 1. The van der Waals surface area contributed by atoms with E-state index < -0.39 is 22.8 Å². The molecule has 2 aliphatic rings. The van der Waals surface area contributed by atoms with Crippen LogP contribution in [-0.2, 0) is 16.0 Å². The number of ketones is 1. The molecule has 3 aromatic carbocycles. The van der Waals surface area contributed by atoms with Crippen molar-refractivity contribution in [3.63, 3.8) is 0 Å². The van der Waals surface area contributed by atoms with Gasteiger partial charge < -0.3 is 0 Å². The van der Waals surface area contributed by atoms with E-state index in [1.165, 1.54) is 0 Å². The highest BCUT2D eigenvalue weighted by Gasteiger charge is 2.71. The molecule has 4 heteroatoms. The molecule has 1 saturated carbocycles. The Morgan fingerprint density at radius 2 is 1.36 bits per heavy atom. The smallest absolute Gasteiger partial charge is 0.237 e. The summed E-state index contributed by atoms with van der Waals surface area (Å²) in [6, 6.07) is 29.1. The highest BCUT2D eigenvalue weighted by atomic mass is 16.2. The fourth-order valence-corrected chi connectivity index (χ4v) is 7.66. The fourth-order valence-electron chi connectivity index (χ4n) is 7.66. The van der Waals surface area contributed by atoms with Gasteiger partial charge in [0, 0.05) is 17.0 Å². The van der Waals surface area contributed by atoms with E-state index in [1.807, 2.05) is 105 Å². The second-order valence-electron chi connectivity index (χ2n) is 13.2. The standard InChI is InChI=1S/C35H39NO3/c1-33(2,3)23-34(4,5)36-31(38)28-21-27(25-17-11-7-12-18-25)29(30(37)26-19-13-8-14-20-26)35(28,32(36)39)22-24-15-9-6-10-16-24/h6-20,27-29H,21-23H2,1-5H3/t27-,28-,29+,35+/m1/s1. The number of rotatable bonds is 7. The molecule has 4 atom stereocenters. The molecule has 1 aliphatic heterocycles. The van der Waals surface area contributed by atoms with E-state index in [2.05, 4.69) is 20.8 Å². The van der Waals surface area contributed by atoms with Crippen molar-refractivity contribution >= 4 is 17.6 Å². The van der Waals surface area contributed by atoms with Gasteiger partial charge in [-0.25, -0.2) is 0 Å². The van der Waals surface area contributed by atoms with E-state index in [0.29, 0.717) is 24.8 Å². The Morgan fingerprint density at radius 1 is 0.821 bits per heavy atom. The molecule has 0 unspecified atom stereocenters. The maximum atomic E-state index is 14.9. The molecular weight excluding hydrogens is 482 g/mol. The van der Waals surface area contributed by atoms with Gasteiger partial charge in [-0.2, -0.15) is 0 Å². The van der Waals surface area contributed by atoms with Crippen LogP contribution in [0.2, 0.25) is 0 Å². The van der Waals surface area contributed by atoms with E-state index >= 15 is 0 Å². The monoisotopic (exact) mass is 521 g/mol. The Bertz CT molecular complexity index is 1360. The average molecular weight is 522 g/mol. The highest BCUT2D eigenvalue weighted by Crippen LogP contribution is 2.63. The number of hydrogen-bond acceptors (Lipinski definition) is 3. The molecule has 0 N–H and O–H groups in total. The minimum Gasteiger partial charge on any atom is -0.294 e. The van der Waals surface area contributed by atoms with Gasteiger partial charge >= 0.3 is 0 Å². The average Bonchev–Trinajstić information content (AvgIpc) is 3.33. The molecule has 1 aliphatic carbocycles. The first-order valence-electron chi connectivity index (χ1n) is 14.0. The molecule has 202 valence electrons.